The van der Waals surface area contributed by atoms with Gasteiger partial charge in [-0.25, -0.2) is 18.7 Å². The summed E-state index contributed by atoms with van der Waals surface area (Å²) in [5, 5.41) is 0. The predicted molar refractivity (Wildman–Crippen MR) is 112 cm³/mol. The van der Waals surface area contributed by atoms with E-state index in [1.54, 1.807) is 6.33 Å². The third-order valence-electron chi connectivity index (χ3n) is 4.98. The average molecular weight is 404 g/mol. The van der Waals surface area contributed by atoms with Crippen molar-refractivity contribution in [2.45, 2.75) is 71.6 Å². The highest BCUT2D eigenvalue weighted by molar-refractivity contribution is 5.53. The number of aryl methyl sites for hydroxylation is 2. The lowest BCUT2D eigenvalue weighted by Gasteiger charge is -2.19. The lowest BCUT2D eigenvalue weighted by molar-refractivity contribution is 0.0400. The quantitative estimate of drug-likeness (QED) is 0.736. The van der Waals surface area contributed by atoms with Gasteiger partial charge in [0.25, 0.3) is 0 Å². The van der Waals surface area contributed by atoms with E-state index in [2.05, 4.69) is 23.0 Å². The number of nitrogens with zero attached hydrogens (tertiary/aromatic N) is 2. The van der Waals surface area contributed by atoms with E-state index in [4.69, 9.17) is 10.5 Å². The number of rotatable bonds is 5. The summed E-state index contributed by atoms with van der Waals surface area (Å²) < 4.78 is 31.4. The van der Waals surface area contributed by atoms with E-state index in [-0.39, 0.29) is 18.2 Å². The van der Waals surface area contributed by atoms with Crippen molar-refractivity contribution in [3.8, 4) is 0 Å². The van der Waals surface area contributed by atoms with Crippen molar-refractivity contribution in [2.75, 3.05) is 0 Å². The van der Waals surface area contributed by atoms with Gasteiger partial charge >= 0.3 is 0 Å². The number of allylic oxidation sites excluding steroid dienone is 1. The first-order valence-corrected chi connectivity index (χ1v) is 10.2. The van der Waals surface area contributed by atoms with Gasteiger partial charge in [0.15, 0.2) is 11.6 Å². The molecule has 0 saturated carbocycles. The first-order valence-electron chi connectivity index (χ1n) is 10.2. The van der Waals surface area contributed by atoms with E-state index < -0.39 is 11.6 Å². The molecule has 0 radical (unpaired) electrons. The van der Waals surface area contributed by atoms with E-state index in [0.29, 0.717) is 5.56 Å². The Kier molecular flexibility index (Phi) is 8.86. The smallest absolute Gasteiger partial charge is 0.159 e. The van der Waals surface area contributed by atoms with Crippen LogP contribution in [0, 0.1) is 18.6 Å². The number of hydrogen-bond donors (Lipinski definition) is 1. The number of hydrogen-bond acceptors (Lipinski definition) is 4. The molecule has 2 aromatic rings. The highest BCUT2D eigenvalue weighted by Gasteiger charge is 2.28. The summed E-state index contributed by atoms with van der Waals surface area (Å²) in [6.07, 6.45) is 9.84. The summed E-state index contributed by atoms with van der Waals surface area (Å²) in [5.74, 6) is -1.71. The topological polar surface area (TPSA) is 61.0 Å². The fraction of sp³-hybridized carbons (Fsp3) is 0.478. The molecule has 0 bridgehead atoms. The molecule has 3 unspecified atom stereocenters. The Morgan fingerprint density at radius 2 is 2.00 bits per heavy atom. The van der Waals surface area contributed by atoms with Gasteiger partial charge in [0.2, 0.25) is 0 Å². The second kappa shape index (κ2) is 11.1. The Labute approximate surface area is 172 Å². The molecule has 29 heavy (non-hydrogen) atoms. The van der Waals surface area contributed by atoms with E-state index in [1.165, 1.54) is 11.6 Å². The highest BCUT2D eigenvalue weighted by atomic mass is 19.2. The molecule has 1 aliphatic heterocycles. The van der Waals surface area contributed by atoms with E-state index in [1.807, 2.05) is 26.8 Å². The minimum atomic E-state index is -0.862. The van der Waals surface area contributed by atoms with Gasteiger partial charge in [0.05, 0.1) is 23.9 Å². The number of halogens is 2. The summed E-state index contributed by atoms with van der Waals surface area (Å²) in [4.78, 5) is 8.46. The Morgan fingerprint density at radius 3 is 2.59 bits per heavy atom. The molecule has 1 fully saturated rings. The van der Waals surface area contributed by atoms with E-state index >= 15 is 0 Å². The molecule has 1 aromatic carbocycles. The van der Waals surface area contributed by atoms with Crippen LogP contribution < -0.4 is 5.73 Å². The number of aromatic nitrogens is 2. The van der Waals surface area contributed by atoms with Crippen LogP contribution in [0.25, 0.3) is 6.08 Å². The number of nitrogens with two attached hydrogens (primary N) is 1. The largest absolute Gasteiger partial charge is 0.373 e. The van der Waals surface area contributed by atoms with Crippen LogP contribution in [0.1, 0.15) is 68.6 Å². The molecular weight excluding hydrogens is 372 g/mol. The summed E-state index contributed by atoms with van der Waals surface area (Å²) in [7, 11) is 0. The average Bonchev–Trinajstić information content (AvgIpc) is 3.13. The zero-order chi connectivity index (χ0) is 21.4. The van der Waals surface area contributed by atoms with Gasteiger partial charge in [-0.15, -0.1) is 0 Å². The monoisotopic (exact) mass is 403 g/mol. The van der Waals surface area contributed by atoms with Crippen LogP contribution in [0.15, 0.2) is 30.6 Å². The molecule has 2 heterocycles. The Bertz CT molecular complexity index is 826. The summed E-state index contributed by atoms with van der Waals surface area (Å²) in [5.41, 5.74) is 9.96. The van der Waals surface area contributed by atoms with Crippen LogP contribution in [-0.4, -0.2) is 22.2 Å². The molecule has 0 amide bonds. The first-order chi connectivity index (χ1) is 13.9. The normalized spacial score (nSPS) is 19.8. The van der Waals surface area contributed by atoms with Gasteiger partial charge in [-0.3, -0.25) is 0 Å². The number of ether oxygens (including phenoxy) is 1. The SMILES string of the molecule is C/C=C\c1c(C)ncnc1CCC.CC1CCC(C(N)c2ccc(F)c(F)c2)O1. The molecule has 1 aliphatic rings. The molecule has 158 valence electrons. The van der Waals surface area contributed by atoms with Gasteiger partial charge in [0.1, 0.15) is 6.33 Å². The molecule has 6 heteroatoms. The summed E-state index contributed by atoms with van der Waals surface area (Å²) in [6.45, 7) is 8.19. The van der Waals surface area contributed by atoms with Crippen LogP contribution in [0.2, 0.25) is 0 Å². The second-order valence-electron chi connectivity index (χ2n) is 7.33. The molecule has 3 rings (SSSR count). The Hall–Kier alpha value is -2.18. The standard InChI is InChI=1S/C12H15F2NO.C11H16N2/c1-7-2-5-11(16-7)12(15)8-3-4-9(13)10(14)6-8;1-4-6-10-9(3)12-8-13-11(10)7-5-2/h3-4,6-7,11-12H,2,5,15H2,1H3;4,6,8H,5,7H2,1-3H3/b;6-4-. The maximum atomic E-state index is 13.0. The fourth-order valence-electron chi connectivity index (χ4n) is 3.38. The molecule has 2 N–H and O–H groups in total. The maximum Gasteiger partial charge on any atom is 0.159 e. The molecule has 4 nitrogen and oxygen atoms in total. The van der Waals surface area contributed by atoms with Crippen molar-refractivity contribution in [1.29, 1.82) is 0 Å². The summed E-state index contributed by atoms with van der Waals surface area (Å²) >= 11 is 0. The minimum Gasteiger partial charge on any atom is -0.373 e. The second-order valence-corrected chi connectivity index (χ2v) is 7.33. The molecular formula is C23H31F2N3O. The number of benzene rings is 1. The van der Waals surface area contributed by atoms with Gasteiger partial charge in [-0.1, -0.05) is 31.6 Å². The molecule has 0 spiro atoms. The van der Waals surface area contributed by atoms with Crippen LogP contribution in [0.3, 0.4) is 0 Å². The van der Waals surface area contributed by atoms with Crippen molar-refractivity contribution in [1.82, 2.24) is 9.97 Å². The van der Waals surface area contributed by atoms with Crippen LogP contribution >= 0.6 is 0 Å². The molecule has 1 aromatic heterocycles. The van der Waals surface area contributed by atoms with Crippen molar-refractivity contribution in [3.63, 3.8) is 0 Å². The van der Waals surface area contributed by atoms with Gasteiger partial charge in [-0.2, -0.15) is 0 Å². The molecule has 1 saturated heterocycles. The van der Waals surface area contributed by atoms with Crippen molar-refractivity contribution < 1.29 is 13.5 Å². The van der Waals surface area contributed by atoms with Crippen LogP contribution in [0.5, 0.6) is 0 Å². The third-order valence-corrected chi connectivity index (χ3v) is 4.98. The molecule has 0 aliphatic carbocycles. The Morgan fingerprint density at radius 1 is 1.24 bits per heavy atom. The van der Waals surface area contributed by atoms with E-state index in [0.717, 1.165) is 49.2 Å². The van der Waals surface area contributed by atoms with Crippen LogP contribution in [0.4, 0.5) is 8.78 Å². The van der Waals surface area contributed by atoms with Gasteiger partial charge in [0, 0.05) is 11.3 Å². The molecule has 3 atom stereocenters. The fourth-order valence-corrected chi connectivity index (χ4v) is 3.38. The van der Waals surface area contributed by atoms with E-state index in [9.17, 15) is 8.78 Å². The lowest BCUT2D eigenvalue weighted by Crippen LogP contribution is -2.26. The summed E-state index contributed by atoms with van der Waals surface area (Å²) in [6, 6.07) is 3.37. The first kappa shape index (κ1) is 23.1. The lowest BCUT2D eigenvalue weighted by atomic mass is 10.00. The zero-order valence-corrected chi connectivity index (χ0v) is 17.7. The predicted octanol–water partition coefficient (Wildman–Crippen LogP) is 5.30. The maximum absolute atomic E-state index is 13.0. The van der Waals surface area contributed by atoms with Gasteiger partial charge in [-0.05, 0) is 57.7 Å². The van der Waals surface area contributed by atoms with Crippen molar-refractivity contribution in [3.05, 3.63) is 64.8 Å². The zero-order valence-electron chi connectivity index (χ0n) is 17.7. The van der Waals surface area contributed by atoms with Crippen molar-refractivity contribution >= 4 is 6.08 Å². The van der Waals surface area contributed by atoms with Crippen molar-refractivity contribution in [2.24, 2.45) is 5.73 Å². The minimum absolute atomic E-state index is 0.0974. The Balaban J connectivity index is 0.000000212. The highest BCUT2D eigenvalue weighted by Crippen LogP contribution is 2.29. The van der Waals surface area contributed by atoms with Gasteiger partial charge < -0.3 is 10.5 Å². The third kappa shape index (κ3) is 6.41. The van der Waals surface area contributed by atoms with Crippen LogP contribution in [-0.2, 0) is 11.2 Å².